The summed E-state index contributed by atoms with van der Waals surface area (Å²) in [6, 6.07) is 12.0. The highest BCUT2D eigenvalue weighted by Crippen LogP contribution is 2.24. The van der Waals surface area contributed by atoms with Crippen molar-refractivity contribution in [2.24, 2.45) is 0 Å². The second-order valence-electron chi connectivity index (χ2n) is 7.24. The Labute approximate surface area is 172 Å². The fourth-order valence-corrected chi connectivity index (χ4v) is 4.38. The molecule has 0 spiro atoms. The van der Waals surface area contributed by atoms with Crippen LogP contribution >= 0.6 is 0 Å². The van der Waals surface area contributed by atoms with Crippen molar-refractivity contribution in [2.75, 3.05) is 0 Å². The molecule has 1 atom stereocenters. The highest BCUT2D eigenvalue weighted by molar-refractivity contribution is 7.89. The van der Waals surface area contributed by atoms with Crippen LogP contribution in [0.1, 0.15) is 62.1 Å². The zero-order valence-electron chi connectivity index (χ0n) is 16.6. The highest BCUT2D eigenvalue weighted by atomic mass is 32.2. The van der Waals surface area contributed by atoms with Gasteiger partial charge in [-0.1, -0.05) is 55.5 Å². The smallest absolute Gasteiger partial charge is 0.303 e. The molecule has 2 rings (SSSR count). The lowest BCUT2D eigenvalue weighted by molar-refractivity contribution is -0.137. The summed E-state index contributed by atoms with van der Waals surface area (Å²) in [6.45, 7) is 1.89. The number of aliphatic carboxylic acids is 1. The summed E-state index contributed by atoms with van der Waals surface area (Å²) in [6.07, 6.45) is 4.80. The van der Waals surface area contributed by atoms with Crippen LogP contribution in [0, 0.1) is 12.7 Å². The van der Waals surface area contributed by atoms with Gasteiger partial charge in [0, 0.05) is 12.5 Å². The normalized spacial score (nSPS) is 12.6. The van der Waals surface area contributed by atoms with Crippen molar-refractivity contribution in [3.63, 3.8) is 0 Å². The van der Waals surface area contributed by atoms with Crippen LogP contribution in [0.5, 0.6) is 0 Å². The molecule has 0 saturated carbocycles. The molecule has 0 aliphatic carbocycles. The van der Waals surface area contributed by atoms with E-state index in [0.29, 0.717) is 18.4 Å². The fourth-order valence-electron chi connectivity index (χ4n) is 3.12. The van der Waals surface area contributed by atoms with Crippen molar-refractivity contribution in [3.8, 4) is 0 Å². The first kappa shape index (κ1) is 23.0. The predicted octanol–water partition coefficient (Wildman–Crippen LogP) is 4.97. The highest BCUT2D eigenvalue weighted by Gasteiger charge is 2.21. The zero-order valence-corrected chi connectivity index (χ0v) is 17.4. The maximum atomic E-state index is 13.3. The third-order valence-electron chi connectivity index (χ3n) is 4.78. The first-order valence-corrected chi connectivity index (χ1v) is 11.3. The van der Waals surface area contributed by atoms with Crippen LogP contribution in [0.25, 0.3) is 0 Å². The SMILES string of the molecule is Cc1ccc(S(=O)(=O)NC(CCCCCCCC(=O)O)c2ccc(F)cc2)cc1. The summed E-state index contributed by atoms with van der Waals surface area (Å²) < 4.78 is 41.6. The van der Waals surface area contributed by atoms with Crippen molar-refractivity contribution < 1.29 is 22.7 Å². The van der Waals surface area contributed by atoms with Crippen LogP contribution in [0.2, 0.25) is 0 Å². The number of carboxylic acids is 1. The van der Waals surface area contributed by atoms with Gasteiger partial charge >= 0.3 is 5.97 Å². The van der Waals surface area contributed by atoms with Gasteiger partial charge in [0.25, 0.3) is 0 Å². The minimum atomic E-state index is -3.70. The van der Waals surface area contributed by atoms with Crippen LogP contribution in [-0.4, -0.2) is 19.5 Å². The number of carbonyl (C=O) groups is 1. The molecule has 158 valence electrons. The van der Waals surface area contributed by atoms with E-state index in [4.69, 9.17) is 5.11 Å². The number of unbranched alkanes of at least 4 members (excludes halogenated alkanes) is 4. The number of rotatable bonds is 12. The van der Waals surface area contributed by atoms with Crippen LogP contribution in [-0.2, 0) is 14.8 Å². The molecule has 2 aromatic rings. The molecule has 0 bridgehead atoms. The summed E-state index contributed by atoms with van der Waals surface area (Å²) in [4.78, 5) is 10.7. The summed E-state index contributed by atoms with van der Waals surface area (Å²) in [5.74, 6) is -1.15. The minimum absolute atomic E-state index is 0.175. The molecule has 5 nitrogen and oxygen atoms in total. The van der Waals surface area contributed by atoms with Gasteiger partial charge in [0.1, 0.15) is 5.82 Å². The van der Waals surface area contributed by atoms with Gasteiger partial charge in [-0.3, -0.25) is 4.79 Å². The fraction of sp³-hybridized carbons (Fsp3) is 0.409. The lowest BCUT2D eigenvalue weighted by Gasteiger charge is -2.19. The van der Waals surface area contributed by atoms with Gasteiger partial charge in [-0.05, 0) is 49.6 Å². The van der Waals surface area contributed by atoms with E-state index in [1.54, 1.807) is 36.4 Å². The number of nitrogens with one attached hydrogen (secondary N) is 1. The van der Waals surface area contributed by atoms with Gasteiger partial charge in [0.15, 0.2) is 0 Å². The van der Waals surface area contributed by atoms with E-state index in [2.05, 4.69) is 4.72 Å². The largest absolute Gasteiger partial charge is 0.481 e. The lowest BCUT2D eigenvalue weighted by Crippen LogP contribution is -2.28. The Kier molecular flexibility index (Phi) is 8.79. The Morgan fingerprint density at radius 2 is 1.55 bits per heavy atom. The molecule has 7 heteroatoms. The molecule has 0 fully saturated rings. The first-order chi connectivity index (χ1) is 13.8. The van der Waals surface area contributed by atoms with E-state index in [0.717, 1.165) is 31.2 Å². The van der Waals surface area contributed by atoms with Gasteiger partial charge in [0.05, 0.1) is 4.90 Å². The van der Waals surface area contributed by atoms with Crippen molar-refractivity contribution >= 4 is 16.0 Å². The summed E-state index contributed by atoms with van der Waals surface area (Å²) >= 11 is 0. The van der Waals surface area contributed by atoms with E-state index >= 15 is 0 Å². The average Bonchev–Trinajstić information content (AvgIpc) is 2.67. The average molecular weight is 422 g/mol. The molecule has 0 heterocycles. The minimum Gasteiger partial charge on any atom is -0.481 e. The third kappa shape index (κ3) is 7.95. The van der Waals surface area contributed by atoms with Crippen molar-refractivity contribution in [1.29, 1.82) is 0 Å². The van der Waals surface area contributed by atoms with Crippen LogP contribution in [0.4, 0.5) is 4.39 Å². The second kappa shape index (κ2) is 11.1. The van der Waals surface area contributed by atoms with E-state index in [-0.39, 0.29) is 17.1 Å². The van der Waals surface area contributed by atoms with E-state index in [9.17, 15) is 17.6 Å². The molecule has 29 heavy (non-hydrogen) atoms. The standard InChI is InChI=1S/C22H28FNO4S/c1-17-9-15-20(16-10-17)29(27,28)24-21(18-11-13-19(23)14-12-18)7-5-3-2-4-6-8-22(25)26/h9-16,21,24H,2-8H2,1H3,(H,25,26). The maximum Gasteiger partial charge on any atom is 0.303 e. The van der Waals surface area contributed by atoms with E-state index < -0.39 is 22.0 Å². The zero-order chi connectivity index (χ0) is 21.3. The molecule has 0 saturated heterocycles. The Bertz CT molecular complexity index is 880. The number of carboxylic acid groups (broad SMARTS) is 1. The Morgan fingerprint density at radius 1 is 0.966 bits per heavy atom. The molecule has 0 radical (unpaired) electrons. The number of sulfonamides is 1. The van der Waals surface area contributed by atoms with Gasteiger partial charge < -0.3 is 5.11 Å². The number of benzene rings is 2. The van der Waals surface area contributed by atoms with Crippen LogP contribution in [0.15, 0.2) is 53.4 Å². The summed E-state index contributed by atoms with van der Waals surface area (Å²) in [7, 11) is -3.70. The van der Waals surface area contributed by atoms with Crippen LogP contribution in [0.3, 0.4) is 0 Å². The Balaban J connectivity index is 2.01. The number of halogens is 1. The van der Waals surface area contributed by atoms with Gasteiger partial charge in [-0.25, -0.2) is 17.5 Å². The van der Waals surface area contributed by atoms with Crippen molar-refractivity contribution in [1.82, 2.24) is 4.72 Å². The quantitative estimate of drug-likeness (QED) is 0.474. The van der Waals surface area contributed by atoms with E-state index in [1.807, 2.05) is 6.92 Å². The monoisotopic (exact) mass is 421 g/mol. The second-order valence-corrected chi connectivity index (χ2v) is 8.95. The molecular weight excluding hydrogens is 393 g/mol. The molecule has 0 aromatic heterocycles. The molecule has 2 aromatic carbocycles. The maximum absolute atomic E-state index is 13.3. The summed E-state index contributed by atoms with van der Waals surface area (Å²) in [5, 5.41) is 8.66. The number of hydrogen-bond acceptors (Lipinski definition) is 3. The predicted molar refractivity (Wildman–Crippen MR) is 111 cm³/mol. The van der Waals surface area contributed by atoms with Gasteiger partial charge in [-0.15, -0.1) is 0 Å². The molecular formula is C22H28FNO4S. The van der Waals surface area contributed by atoms with Gasteiger partial charge in [0.2, 0.25) is 10.0 Å². The van der Waals surface area contributed by atoms with Crippen molar-refractivity contribution in [3.05, 3.63) is 65.5 Å². The Hall–Kier alpha value is -2.25. The van der Waals surface area contributed by atoms with Crippen LogP contribution < -0.4 is 4.72 Å². The number of hydrogen-bond donors (Lipinski definition) is 2. The molecule has 0 aliphatic rings. The van der Waals surface area contributed by atoms with E-state index in [1.165, 1.54) is 12.1 Å². The topological polar surface area (TPSA) is 83.5 Å². The van der Waals surface area contributed by atoms with Gasteiger partial charge in [-0.2, -0.15) is 0 Å². The molecule has 2 N–H and O–H groups in total. The Morgan fingerprint density at radius 3 is 2.17 bits per heavy atom. The molecule has 1 unspecified atom stereocenters. The molecule has 0 amide bonds. The third-order valence-corrected chi connectivity index (χ3v) is 6.27. The number of aryl methyl sites for hydroxylation is 1. The first-order valence-electron chi connectivity index (χ1n) is 9.84. The summed E-state index contributed by atoms with van der Waals surface area (Å²) in [5.41, 5.74) is 1.69. The molecule has 0 aliphatic heterocycles. The van der Waals surface area contributed by atoms with Crippen molar-refractivity contribution in [2.45, 2.75) is 62.8 Å². The lowest BCUT2D eigenvalue weighted by atomic mass is 10.0.